The van der Waals surface area contributed by atoms with E-state index in [1.165, 1.54) is 19.0 Å². The number of phenolic OH excluding ortho intramolecular Hbond substituents is 1. The fourth-order valence-electron chi connectivity index (χ4n) is 6.10. The Kier molecular flexibility index (Phi) is 6.65. The zero-order valence-corrected chi connectivity index (χ0v) is 20.5. The fourth-order valence-corrected chi connectivity index (χ4v) is 6.10. The minimum absolute atomic E-state index is 0.0210. The van der Waals surface area contributed by atoms with Gasteiger partial charge in [0.1, 0.15) is 29.5 Å². The molecule has 12 heteroatoms. The van der Waals surface area contributed by atoms with Gasteiger partial charge in [-0.3, -0.25) is 19.3 Å². The minimum atomic E-state index is -2.96. The average molecular weight is 520 g/mol. The van der Waals surface area contributed by atoms with Crippen molar-refractivity contribution in [3.63, 3.8) is 0 Å². The van der Waals surface area contributed by atoms with Gasteiger partial charge in [0.2, 0.25) is 5.78 Å². The van der Waals surface area contributed by atoms with Crippen LogP contribution < -0.4 is 11.1 Å². The number of rotatable bonds is 6. The lowest BCUT2D eigenvalue weighted by atomic mass is 9.55. The lowest BCUT2D eigenvalue weighted by Crippen LogP contribution is -2.68. The summed E-state index contributed by atoms with van der Waals surface area (Å²) in [6.45, 7) is 1.08. The van der Waals surface area contributed by atoms with Gasteiger partial charge in [-0.25, -0.2) is 4.39 Å². The van der Waals surface area contributed by atoms with E-state index >= 15 is 0 Å². The molecule has 0 fully saturated rings. The fraction of sp³-hybridized carbons (Fsp3) is 0.480. The highest BCUT2D eigenvalue weighted by Crippen LogP contribution is 2.55. The van der Waals surface area contributed by atoms with Crippen molar-refractivity contribution in [3.05, 3.63) is 51.5 Å². The Morgan fingerprint density at radius 3 is 2.43 bits per heavy atom. The first kappa shape index (κ1) is 26.7. The minimum Gasteiger partial charge on any atom is -0.510 e. The number of hydrogen-bond donors (Lipinski definition) is 7. The lowest BCUT2D eigenvalue weighted by molar-refractivity contribution is -0.162. The number of primary amides is 1. The molecule has 6 atom stereocenters. The first-order valence-electron chi connectivity index (χ1n) is 11.8. The van der Waals surface area contributed by atoms with Gasteiger partial charge in [-0.05, 0) is 25.6 Å². The molecule has 4 rings (SSSR count). The number of phenols is 1. The number of aliphatic hydroxyl groups excluding tert-OH is 3. The molecule has 1 unspecified atom stereocenters. The molecule has 11 nitrogen and oxygen atoms in total. The van der Waals surface area contributed by atoms with Crippen LogP contribution in [0.1, 0.15) is 34.3 Å². The summed E-state index contributed by atoms with van der Waals surface area (Å²) in [5, 5.41) is 59.0. The number of aliphatic hydroxyl groups is 4. The molecule has 0 spiro atoms. The molecule has 0 bridgehead atoms. The Morgan fingerprint density at radius 2 is 1.86 bits per heavy atom. The van der Waals surface area contributed by atoms with E-state index in [9.17, 15) is 44.3 Å². The Labute approximate surface area is 211 Å². The molecule has 1 aromatic rings. The zero-order chi connectivity index (χ0) is 27.6. The van der Waals surface area contributed by atoms with Crippen LogP contribution in [0.25, 0.3) is 0 Å². The van der Waals surface area contributed by atoms with E-state index in [2.05, 4.69) is 5.32 Å². The second kappa shape index (κ2) is 9.21. The van der Waals surface area contributed by atoms with Crippen molar-refractivity contribution in [1.29, 1.82) is 0 Å². The molecule has 0 aliphatic heterocycles. The number of nitrogens with zero attached hydrogens (tertiary/aromatic N) is 1. The number of benzene rings is 1. The smallest absolute Gasteiger partial charge is 0.255 e. The molecular formula is C25H30FN3O8. The number of aromatic hydroxyl groups is 1. The van der Waals surface area contributed by atoms with E-state index < -0.39 is 88.1 Å². The molecule has 0 saturated carbocycles. The van der Waals surface area contributed by atoms with E-state index in [1.54, 1.807) is 19.1 Å². The summed E-state index contributed by atoms with van der Waals surface area (Å²) in [4.78, 5) is 40.5. The number of fused-ring (bicyclic) bond motifs is 3. The Bertz CT molecular complexity index is 1260. The van der Waals surface area contributed by atoms with E-state index in [1.807, 2.05) is 0 Å². The molecule has 8 N–H and O–H groups in total. The van der Waals surface area contributed by atoms with Gasteiger partial charge >= 0.3 is 0 Å². The number of hydrogen-bond acceptors (Lipinski definition) is 10. The topological polar surface area (TPSA) is 194 Å². The number of ketones is 2. The molecule has 3 aliphatic rings. The standard InChI is InChI=1S/C25H30FN3O8/c1-9-11-5-4-10(8-28-7-6-26)18(30)13(11)19(31)14-12(9)20(32)16-17(29(2)3)21(33)15(24(27)36)23(35)25(16,37)22(14)34/h4-5,9,12,16-17,20,28,30,32-34,37H,6-8H2,1-3H3,(H2,27,36)/t9-,12+,16+,17-,20-,25?/m0/s1. The third-order valence-corrected chi connectivity index (χ3v) is 7.80. The summed E-state index contributed by atoms with van der Waals surface area (Å²) in [5.41, 5.74) is 1.38. The number of halogens is 1. The quantitative estimate of drug-likeness (QED) is 0.194. The van der Waals surface area contributed by atoms with E-state index in [0.29, 0.717) is 5.56 Å². The van der Waals surface area contributed by atoms with E-state index in [-0.39, 0.29) is 24.2 Å². The normalized spacial score (nSPS) is 31.4. The number of nitrogens with two attached hydrogens (primary N) is 1. The number of carbonyl (C=O) groups is 3. The molecule has 1 amide bonds. The predicted molar refractivity (Wildman–Crippen MR) is 127 cm³/mol. The number of Topliss-reactive ketones (excluding diaryl/α,β-unsaturated/α-hetero) is 2. The highest BCUT2D eigenvalue weighted by Gasteiger charge is 2.67. The van der Waals surface area contributed by atoms with Crippen LogP contribution in [0, 0.1) is 11.8 Å². The van der Waals surface area contributed by atoms with Crippen molar-refractivity contribution in [2.45, 2.75) is 37.1 Å². The second-order valence-electron chi connectivity index (χ2n) is 9.95. The zero-order valence-electron chi connectivity index (χ0n) is 20.5. The number of likely N-dealkylation sites (N-methyl/N-ethyl adjacent to an activating group) is 1. The third kappa shape index (κ3) is 3.58. The molecule has 37 heavy (non-hydrogen) atoms. The summed E-state index contributed by atoms with van der Waals surface area (Å²) < 4.78 is 12.5. The summed E-state index contributed by atoms with van der Waals surface area (Å²) in [6.07, 6.45) is -1.65. The maximum atomic E-state index is 13.7. The number of amides is 1. The number of nitrogens with one attached hydrogen (secondary N) is 1. The van der Waals surface area contributed by atoms with Gasteiger partial charge in [0.05, 0.1) is 23.6 Å². The van der Waals surface area contributed by atoms with Crippen LogP contribution in [0.4, 0.5) is 4.39 Å². The van der Waals surface area contributed by atoms with Crippen molar-refractivity contribution in [1.82, 2.24) is 10.2 Å². The van der Waals surface area contributed by atoms with Crippen LogP contribution in [0.5, 0.6) is 5.75 Å². The van der Waals surface area contributed by atoms with E-state index in [4.69, 9.17) is 5.73 Å². The second-order valence-corrected chi connectivity index (χ2v) is 9.95. The number of alkyl halides is 1. The first-order chi connectivity index (χ1) is 17.3. The van der Waals surface area contributed by atoms with Gasteiger partial charge in [0, 0.05) is 30.1 Å². The average Bonchev–Trinajstić information content (AvgIpc) is 2.82. The van der Waals surface area contributed by atoms with Gasteiger partial charge in [-0.2, -0.15) is 0 Å². The van der Waals surface area contributed by atoms with Crippen LogP contribution in [0.15, 0.2) is 34.8 Å². The summed E-state index contributed by atoms with van der Waals surface area (Å²) >= 11 is 0. The van der Waals surface area contributed by atoms with Gasteiger partial charge in [0.25, 0.3) is 5.91 Å². The Morgan fingerprint density at radius 1 is 1.22 bits per heavy atom. The molecule has 0 radical (unpaired) electrons. The van der Waals surface area contributed by atoms with Crippen molar-refractivity contribution >= 4 is 17.5 Å². The van der Waals surface area contributed by atoms with Gasteiger partial charge in [-0.1, -0.05) is 19.1 Å². The summed E-state index contributed by atoms with van der Waals surface area (Å²) in [5.74, 6) is -9.34. The largest absolute Gasteiger partial charge is 0.510 e. The molecular weight excluding hydrogens is 489 g/mol. The third-order valence-electron chi connectivity index (χ3n) is 7.80. The Balaban J connectivity index is 1.96. The lowest BCUT2D eigenvalue weighted by Gasteiger charge is -2.53. The predicted octanol–water partition coefficient (Wildman–Crippen LogP) is -0.288. The van der Waals surface area contributed by atoms with Crippen molar-refractivity contribution in [2.24, 2.45) is 17.6 Å². The SMILES string of the molecule is C[C@H]1c2ccc(CNCCF)c(O)c2C(=O)C2=C(O)C3(O)C(=O)C(C(N)=O)=C(O)[C@@H](N(C)C)[C@@H]3[C@@H](O)[C@@H]21. The Hall–Kier alpha value is -3.32. The summed E-state index contributed by atoms with van der Waals surface area (Å²) in [6, 6.07) is 1.83. The highest BCUT2D eigenvalue weighted by molar-refractivity contribution is 6.25. The molecule has 200 valence electrons. The monoisotopic (exact) mass is 519 g/mol. The van der Waals surface area contributed by atoms with Crippen LogP contribution in [0.3, 0.4) is 0 Å². The van der Waals surface area contributed by atoms with Crippen LogP contribution in [-0.4, -0.2) is 93.0 Å². The van der Waals surface area contributed by atoms with E-state index in [0.717, 1.165) is 0 Å². The maximum Gasteiger partial charge on any atom is 0.255 e. The molecule has 0 aromatic heterocycles. The van der Waals surface area contributed by atoms with Crippen LogP contribution in [0.2, 0.25) is 0 Å². The molecule has 3 aliphatic carbocycles. The van der Waals surface area contributed by atoms with Crippen molar-refractivity contribution in [3.8, 4) is 5.75 Å². The maximum absolute atomic E-state index is 13.7. The molecule has 0 saturated heterocycles. The van der Waals surface area contributed by atoms with Crippen LogP contribution in [-0.2, 0) is 16.1 Å². The van der Waals surface area contributed by atoms with Crippen molar-refractivity contribution < 1.29 is 44.3 Å². The van der Waals surface area contributed by atoms with Gasteiger partial charge < -0.3 is 36.6 Å². The molecule has 0 heterocycles. The molecule has 1 aromatic carbocycles. The number of carbonyl (C=O) groups excluding carboxylic acids is 3. The van der Waals surface area contributed by atoms with Crippen LogP contribution >= 0.6 is 0 Å². The van der Waals surface area contributed by atoms with Gasteiger partial charge in [0.15, 0.2) is 11.4 Å². The van der Waals surface area contributed by atoms with Gasteiger partial charge in [-0.15, -0.1) is 0 Å². The highest BCUT2D eigenvalue weighted by atomic mass is 19.1. The summed E-state index contributed by atoms with van der Waals surface area (Å²) in [7, 11) is 2.94. The first-order valence-corrected chi connectivity index (χ1v) is 11.8. The van der Waals surface area contributed by atoms with Crippen molar-refractivity contribution in [2.75, 3.05) is 27.3 Å².